The summed E-state index contributed by atoms with van der Waals surface area (Å²) in [6.07, 6.45) is -1.41. The van der Waals surface area contributed by atoms with E-state index in [4.69, 9.17) is 4.74 Å². The van der Waals surface area contributed by atoms with Crippen LogP contribution in [0.15, 0.2) is 48.5 Å². The zero-order valence-corrected chi connectivity index (χ0v) is 15.2. The van der Waals surface area contributed by atoms with Gasteiger partial charge in [-0.1, -0.05) is 18.2 Å². The average Bonchev–Trinajstić information content (AvgIpc) is 3.43. The van der Waals surface area contributed by atoms with Gasteiger partial charge in [0.2, 0.25) is 0 Å². The minimum atomic E-state index is -4.43. The van der Waals surface area contributed by atoms with Crippen LogP contribution >= 0.6 is 0 Å². The summed E-state index contributed by atoms with van der Waals surface area (Å²) >= 11 is 0. The summed E-state index contributed by atoms with van der Waals surface area (Å²) < 4.78 is 58.3. The molecular formula is C21H23F4NO. The Morgan fingerprint density at radius 2 is 1.74 bits per heavy atom. The molecule has 1 fully saturated rings. The Balaban J connectivity index is 1.79. The Labute approximate surface area is 156 Å². The summed E-state index contributed by atoms with van der Waals surface area (Å²) in [5.74, 6) is 0.498. The van der Waals surface area contributed by atoms with Gasteiger partial charge in [-0.15, -0.1) is 0 Å². The molecule has 0 aliphatic heterocycles. The van der Waals surface area contributed by atoms with Crippen molar-refractivity contribution in [1.82, 2.24) is 5.32 Å². The number of rotatable bonds is 8. The predicted molar refractivity (Wildman–Crippen MR) is 96.0 cm³/mol. The van der Waals surface area contributed by atoms with Crippen LogP contribution in [0.25, 0.3) is 0 Å². The van der Waals surface area contributed by atoms with Crippen LogP contribution in [0.3, 0.4) is 0 Å². The molecule has 0 spiro atoms. The van der Waals surface area contributed by atoms with Gasteiger partial charge >= 0.3 is 6.18 Å². The Kier molecular flexibility index (Phi) is 5.75. The Bertz CT molecular complexity index is 756. The molecule has 1 aliphatic rings. The minimum absolute atomic E-state index is 0.138. The normalized spacial score (nSPS) is 16.8. The lowest BCUT2D eigenvalue weighted by Gasteiger charge is -2.32. The van der Waals surface area contributed by atoms with Crippen molar-refractivity contribution in [1.29, 1.82) is 0 Å². The maximum Gasteiger partial charge on any atom is 0.416 e. The summed E-state index contributed by atoms with van der Waals surface area (Å²) in [5, 5.41) is 3.37. The standard InChI is InChI=1S/C21H23F4NO/c1-20(11-12-26-14-15-5-6-15,16-7-9-18(22)10-8-16)27-19-4-2-3-17(13-19)21(23,24)25/h2-4,7-10,13,15,26H,5-6,11-12,14H2,1H3. The molecule has 0 bridgehead atoms. The fourth-order valence-electron chi connectivity index (χ4n) is 3.01. The topological polar surface area (TPSA) is 21.3 Å². The highest BCUT2D eigenvalue weighted by Crippen LogP contribution is 2.35. The van der Waals surface area contributed by atoms with Gasteiger partial charge in [-0.05, 0) is 74.7 Å². The predicted octanol–water partition coefficient (Wildman–Crippen LogP) is 5.53. The second kappa shape index (κ2) is 7.89. The molecule has 1 saturated carbocycles. The number of hydrogen-bond acceptors (Lipinski definition) is 2. The van der Waals surface area contributed by atoms with E-state index in [-0.39, 0.29) is 11.6 Å². The molecule has 0 aromatic heterocycles. The second-order valence-corrected chi connectivity index (χ2v) is 7.26. The van der Waals surface area contributed by atoms with Crippen molar-refractivity contribution >= 4 is 0 Å². The summed E-state index contributed by atoms with van der Waals surface area (Å²) in [5.41, 5.74) is -0.920. The van der Waals surface area contributed by atoms with Crippen LogP contribution in [0.2, 0.25) is 0 Å². The minimum Gasteiger partial charge on any atom is -0.483 e. The lowest BCUT2D eigenvalue weighted by molar-refractivity contribution is -0.137. The van der Waals surface area contributed by atoms with Crippen molar-refractivity contribution in [3.8, 4) is 5.75 Å². The van der Waals surface area contributed by atoms with Crippen molar-refractivity contribution < 1.29 is 22.3 Å². The van der Waals surface area contributed by atoms with Crippen molar-refractivity contribution in [2.75, 3.05) is 13.1 Å². The van der Waals surface area contributed by atoms with E-state index in [1.807, 2.05) is 6.92 Å². The number of hydrogen-bond donors (Lipinski definition) is 1. The molecular weight excluding hydrogens is 358 g/mol. The fraction of sp³-hybridized carbons (Fsp3) is 0.429. The maximum absolute atomic E-state index is 13.3. The molecule has 3 rings (SSSR count). The third kappa shape index (κ3) is 5.45. The largest absolute Gasteiger partial charge is 0.483 e. The van der Waals surface area contributed by atoms with Gasteiger partial charge in [-0.2, -0.15) is 13.2 Å². The molecule has 1 N–H and O–H groups in total. The fourth-order valence-corrected chi connectivity index (χ4v) is 3.01. The van der Waals surface area contributed by atoms with E-state index < -0.39 is 17.3 Å². The molecule has 1 aliphatic carbocycles. The van der Waals surface area contributed by atoms with Gasteiger partial charge in [-0.3, -0.25) is 0 Å². The van der Waals surface area contributed by atoms with E-state index in [0.29, 0.717) is 13.0 Å². The number of ether oxygens (including phenoxy) is 1. The molecule has 1 unspecified atom stereocenters. The van der Waals surface area contributed by atoms with E-state index in [1.54, 1.807) is 12.1 Å². The van der Waals surface area contributed by atoms with Gasteiger partial charge < -0.3 is 10.1 Å². The van der Waals surface area contributed by atoms with Gasteiger partial charge in [0.15, 0.2) is 0 Å². The Hall–Kier alpha value is -2.08. The number of nitrogens with one attached hydrogen (secondary N) is 1. The molecule has 0 saturated heterocycles. The summed E-state index contributed by atoms with van der Waals surface area (Å²) in [4.78, 5) is 0. The lowest BCUT2D eigenvalue weighted by Crippen LogP contribution is -2.34. The monoisotopic (exact) mass is 381 g/mol. The second-order valence-electron chi connectivity index (χ2n) is 7.26. The van der Waals surface area contributed by atoms with Gasteiger partial charge in [0.25, 0.3) is 0 Å². The molecule has 6 heteroatoms. The first-order chi connectivity index (χ1) is 12.8. The van der Waals surface area contributed by atoms with Crippen molar-refractivity contribution in [3.05, 3.63) is 65.5 Å². The van der Waals surface area contributed by atoms with Crippen molar-refractivity contribution in [2.45, 2.75) is 38.0 Å². The van der Waals surface area contributed by atoms with E-state index in [2.05, 4.69) is 5.32 Å². The van der Waals surface area contributed by atoms with Gasteiger partial charge in [0, 0.05) is 6.42 Å². The van der Waals surface area contributed by atoms with E-state index in [1.165, 1.54) is 37.1 Å². The lowest BCUT2D eigenvalue weighted by atomic mass is 9.92. The highest BCUT2D eigenvalue weighted by molar-refractivity contribution is 5.32. The van der Waals surface area contributed by atoms with Crippen LogP contribution in [-0.2, 0) is 11.8 Å². The SMILES string of the molecule is CC(CCNCC1CC1)(Oc1cccc(C(F)(F)F)c1)c1ccc(F)cc1. The van der Waals surface area contributed by atoms with Crippen molar-refractivity contribution in [3.63, 3.8) is 0 Å². The number of halogens is 4. The van der Waals surface area contributed by atoms with Crippen LogP contribution < -0.4 is 10.1 Å². The highest BCUT2D eigenvalue weighted by atomic mass is 19.4. The van der Waals surface area contributed by atoms with Crippen LogP contribution in [-0.4, -0.2) is 13.1 Å². The first kappa shape index (κ1) is 19.7. The highest BCUT2D eigenvalue weighted by Gasteiger charge is 2.33. The first-order valence-corrected chi connectivity index (χ1v) is 9.09. The first-order valence-electron chi connectivity index (χ1n) is 9.09. The van der Waals surface area contributed by atoms with Crippen LogP contribution in [0.4, 0.5) is 17.6 Å². The molecule has 2 aromatic carbocycles. The maximum atomic E-state index is 13.3. The van der Waals surface area contributed by atoms with Gasteiger partial charge in [-0.25, -0.2) is 4.39 Å². The Morgan fingerprint density at radius 1 is 1.04 bits per heavy atom. The molecule has 2 nitrogen and oxygen atoms in total. The average molecular weight is 381 g/mol. The van der Waals surface area contributed by atoms with E-state index in [9.17, 15) is 17.6 Å². The van der Waals surface area contributed by atoms with Crippen LogP contribution in [0.1, 0.15) is 37.3 Å². The van der Waals surface area contributed by atoms with Crippen LogP contribution in [0.5, 0.6) is 5.75 Å². The third-order valence-corrected chi connectivity index (χ3v) is 4.87. The van der Waals surface area contributed by atoms with E-state index >= 15 is 0 Å². The molecule has 27 heavy (non-hydrogen) atoms. The van der Waals surface area contributed by atoms with E-state index in [0.717, 1.165) is 30.2 Å². The molecule has 0 amide bonds. The Morgan fingerprint density at radius 3 is 2.37 bits per heavy atom. The smallest absolute Gasteiger partial charge is 0.416 e. The summed E-state index contributed by atoms with van der Waals surface area (Å²) in [6, 6.07) is 10.7. The quantitative estimate of drug-likeness (QED) is 0.480. The zero-order valence-electron chi connectivity index (χ0n) is 15.2. The molecule has 1 atom stereocenters. The molecule has 2 aromatic rings. The van der Waals surface area contributed by atoms with Crippen molar-refractivity contribution in [2.24, 2.45) is 5.92 Å². The zero-order chi connectivity index (χ0) is 19.5. The van der Waals surface area contributed by atoms with Gasteiger partial charge in [0.05, 0.1) is 5.56 Å². The van der Waals surface area contributed by atoms with Gasteiger partial charge in [0.1, 0.15) is 17.2 Å². The molecule has 146 valence electrons. The van der Waals surface area contributed by atoms with Crippen LogP contribution in [0, 0.1) is 11.7 Å². The third-order valence-electron chi connectivity index (χ3n) is 4.87. The molecule has 0 radical (unpaired) electrons. The number of alkyl halides is 3. The summed E-state index contributed by atoms with van der Waals surface area (Å²) in [6.45, 7) is 3.41. The molecule has 0 heterocycles. The summed E-state index contributed by atoms with van der Waals surface area (Å²) in [7, 11) is 0. The number of benzene rings is 2.